The molecule has 0 aliphatic carbocycles. The van der Waals surface area contributed by atoms with E-state index in [0.29, 0.717) is 11.5 Å². The zero-order valence-corrected chi connectivity index (χ0v) is 19.9. The number of hydrogen-bond acceptors (Lipinski definition) is 6. The molecule has 0 heterocycles. The summed E-state index contributed by atoms with van der Waals surface area (Å²) in [6.07, 6.45) is 3.01. The summed E-state index contributed by atoms with van der Waals surface area (Å²) in [4.78, 5) is 24.3. The van der Waals surface area contributed by atoms with Crippen LogP contribution in [0.15, 0.2) is 67.8 Å². The predicted molar refractivity (Wildman–Crippen MR) is 133 cm³/mol. The summed E-state index contributed by atoms with van der Waals surface area (Å²) in [6.45, 7) is 13.2. The van der Waals surface area contributed by atoms with Crippen molar-refractivity contribution >= 4 is 33.5 Å². The molecule has 0 fully saturated rings. The van der Waals surface area contributed by atoms with Crippen LogP contribution >= 0.6 is 0 Å². The minimum atomic E-state index is -0.491. The third-order valence-corrected chi connectivity index (χ3v) is 5.15. The van der Waals surface area contributed by atoms with Crippen molar-refractivity contribution < 1.29 is 28.5 Å². The quantitative estimate of drug-likeness (QED) is 0.225. The molecular formula is C28H30O6. The van der Waals surface area contributed by atoms with Crippen LogP contribution in [-0.4, -0.2) is 38.4 Å². The van der Waals surface area contributed by atoms with Gasteiger partial charge in [-0.15, -0.1) is 0 Å². The Bertz CT molecular complexity index is 1220. The van der Waals surface area contributed by atoms with Crippen LogP contribution in [0.2, 0.25) is 0 Å². The maximum Gasteiger partial charge on any atom is 0.344 e. The van der Waals surface area contributed by atoms with E-state index in [1.807, 2.05) is 42.5 Å². The number of fused-ring (bicyclic) bond motifs is 2. The number of carbonyl (C=O) groups excluding carboxylic acids is 2. The first kappa shape index (κ1) is 24.8. The van der Waals surface area contributed by atoms with Crippen molar-refractivity contribution in [3.05, 3.63) is 73.3 Å². The van der Waals surface area contributed by atoms with Crippen LogP contribution < -0.4 is 9.47 Å². The van der Waals surface area contributed by atoms with E-state index in [-0.39, 0.29) is 31.8 Å². The molecule has 34 heavy (non-hydrogen) atoms. The topological polar surface area (TPSA) is 71.1 Å². The van der Waals surface area contributed by atoms with Gasteiger partial charge in [0, 0.05) is 21.5 Å². The lowest BCUT2D eigenvalue weighted by Gasteiger charge is -2.25. The molecule has 0 atom stereocenters. The SMILES string of the molecule is C=CCOC(=O)COc1c2ccccc2c(OCC(=O)OCC=C)c2c(C(C)(C)C)cccc12. The largest absolute Gasteiger partial charge is 0.481 e. The molecule has 0 aliphatic rings. The van der Waals surface area contributed by atoms with Crippen LogP contribution in [0.4, 0.5) is 0 Å². The van der Waals surface area contributed by atoms with E-state index in [4.69, 9.17) is 18.9 Å². The van der Waals surface area contributed by atoms with E-state index in [0.717, 1.165) is 27.1 Å². The van der Waals surface area contributed by atoms with Crippen molar-refractivity contribution in [1.29, 1.82) is 0 Å². The standard InChI is InChI=1S/C28H30O6/c1-6-15-31-23(29)17-33-26-19-11-8-9-12-20(19)27(34-18-24(30)32-16-7-2)25-21(26)13-10-14-22(25)28(3,4)5/h6-14H,1-2,15-18H2,3-5H3. The molecule has 0 unspecified atom stereocenters. The number of benzene rings is 3. The second-order valence-electron chi connectivity index (χ2n) is 8.70. The molecule has 178 valence electrons. The molecule has 3 aromatic rings. The number of esters is 2. The third-order valence-electron chi connectivity index (χ3n) is 5.15. The van der Waals surface area contributed by atoms with Gasteiger partial charge in [-0.3, -0.25) is 0 Å². The molecule has 6 heteroatoms. The second-order valence-corrected chi connectivity index (χ2v) is 8.70. The summed E-state index contributed by atoms with van der Waals surface area (Å²) in [5, 5.41) is 3.11. The number of hydrogen-bond donors (Lipinski definition) is 0. The molecule has 0 aliphatic heterocycles. The van der Waals surface area contributed by atoms with Crippen LogP contribution in [0.5, 0.6) is 11.5 Å². The van der Waals surface area contributed by atoms with Gasteiger partial charge < -0.3 is 18.9 Å². The molecule has 3 rings (SSSR count). The molecule has 0 saturated heterocycles. The number of rotatable bonds is 10. The van der Waals surface area contributed by atoms with E-state index in [9.17, 15) is 9.59 Å². The highest BCUT2D eigenvalue weighted by atomic mass is 16.6. The average molecular weight is 463 g/mol. The first-order chi connectivity index (χ1) is 16.3. The molecule has 3 aromatic carbocycles. The van der Waals surface area contributed by atoms with E-state index in [1.165, 1.54) is 12.2 Å². The van der Waals surface area contributed by atoms with Crippen molar-refractivity contribution in [3.8, 4) is 11.5 Å². The molecule has 0 N–H and O–H groups in total. The fourth-order valence-corrected chi connectivity index (χ4v) is 3.72. The van der Waals surface area contributed by atoms with Gasteiger partial charge in [-0.25, -0.2) is 9.59 Å². The van der Waals surface area contributed by atoms with E-state index in [2.05, 4.69) is 33.9 Å². The van der Waals surface area contributed by atoms with Gasteiger partial charge in [-0.1, -0.05) is 88.5 Å². The zero-order valence-electron chi connectivity index (χ0n) is 19.9. The highest BCUT2D eigenvalue weighted by molar-refractivity contribution is 6.12. The summed E-state index contributed by atoms with van der Waals surface area (Å²) in [6, 6.07) is 13.5. The Balaban J connectivity index is 2.19. The minimum absolute atomic E-state index is 0.117. The van der Waals surface area contributed by atoms with Gasteiger partial charge in [-0.2, -0.15) is 0 Å². The average Bonchev–Trinajstić information content (AvgIpc) is 2.82. The van der Waals surface area contributed by atoms with Crippen LogP contribution in [0.25, 0.3) is 21.5 Å². The number of ether oxygens (including phenoxy) is 4. The molecule has 0 amide bonds. The first-order valence-electron chi connectivity index (χ1n) is 11.0. The summed E-state index contributed by atoms with van der Waals surface area (Å²) >= 11 is 0. The number of carbonyl (C=O) groups is 2. The Morgan fingerprint density at radius 2 is 1.26 bits per heavy atom. The van der Waals surface area contributed by atoms with Crippen molar-refractivity contribution in [2.75, 3.05) is 26.4 Å². The molecule has 0 spiro atoms. The highest BCUT2D eigenvalue weighted by Gasteiger charge is 2.25. The van der Waals surface area contributed by atoms with Gasteiger partial charge in [0.05, 0.1) is 0 Å². The van der Waals surface area contributed by atoms with Crippen molar-refractivity contribution in [3.63, 3.8) is 0 Å². The normalized spacial score (nSPS) is 11.1. The lowest BCUT2D eigenvalue weighted by Crippen LogP contribution is -2.17. The van der Waals surface area contributed by atoms with Gasteiger partial charge in [-0.05, 0) is 11.0 Å². The Morgan fingerprint density at radius 3 is 1.79 bits per heavy atom. The molecule has 0 aromatic heterocycles. The molecule has 0 radical (unpaired) electrons. The third kappa shape index (κ3) is 5.57. The highest BCUT2D eigenvalue weighted by Crippen LogP contribution is 2.46. The zero-order chi connectivity index (χ0) is 24.7. The van der Waals surface area contributed by atoms with Gasteiger partial charge in [0.25, 0.3) is 0 Å². The Hall–Kier alpha value is -3.80. The maximum atomic E-state index is 12.2. The summed E-state index contributed by atoms with van der Waals surface area (Å²) < 4.78 is 22.3. The van der Waals surface area contributed by atoms with Crippen molar-refractivity contribution in [2.45, 2.75) is 26.2 Å². The Kier molecular flexibility index (Phi) is 7.95. The Morgan fingerprint density at radius 1 is 0.765 bits per heavy atom. The predicted octanol–water partition coefficient (Wildman–Crippen LogP) is 5.51. The summed E-state index contributed by atoms with van der Waals surface area (Å²) in [5.41, 5.74) is 0.785. The van der Waals surface area contributed by atoms with Gasteiger partial charge in [0.2, 0.25) is 0 Å². The Labute approximate surface area is 199 Å². The van der Waals surface area contributed by atoms with Crippen molar-refractivity contribution in [1.82, 2.24) is 0 Å². The van der Waals surface area contributed by atoms with E-state index in [1.54, 1.807) is 0 Å². The van der Waals surface area contributed by atoms with Crippen LogP contribution in [0.1, 0.15) is 26.3 Å². The molecule has 0 saturated carbocycles. The fourth-order valence-electron chi connectivity index (χ4n) is 3.72. The van der Waals surface area contributed by atoms with Gasteiger partial charge in [0.1, 0.15) is 24.7 Å². The first-order valence-corrected chi connectivity index (χ1v) is 11.0. The van der Waals surface area contributed by atoms with Crippen LogP contribution in [-0.2, 0) is 24.5 Å². The second kappa shape index (κ2) is 10.9. The van der Waals surface area contributed by atoms with Crippen LogP contribution in [0.3, 0.4) is 0 Å². The summed E-state index contributed by atoms with van der Waals surface area (Å²) in [5.74, 6) is 0.132. The molecule has 0 bridgehead atoms. The lowest BCUT2D eigenvalue weighted by atomic mass is 9.82. The lowest BCUT2D eigenvalue weighted by molar-refractivity contribution is -0.145. The van der Waals surface area contributed by atoms with E-state index >= 15 is 0 Å². The molecule has 6 nitrogen and oxygen atoms in total. The minimum Gasteiger partial charge on any atom is -0.481 e. The monoisotopic (exact) mass is 462 g/mol. The maximum absolute atomic E-state index is 12.2. The smallest absolute Gasteiger partial charge is 0.344 e. The summed E-state index contributed by atoms with van der Waals surface area (Å²) in [7, 11) is 0. The molecular weight excluding hydrogens is 432 g/mol. The van der Waals surface area contributed by atoms with Gasteiger partial charge in [0.15, 0.2) is 13.2 Å². The van der Waals surface area contributed by atoms with Crippen molar-refractivity contribution in [2.24, 2.45) is 0 Å². The van der Waals surface area contributed by atoms with Crippen LogP contribution in [0, 0.1) is 0 Å². The van der Waals surface area contributed by atoms with E-state index < -0.39 is 11.9 Å². The van der Waals surface area contributed by atoms with Gasteiger partial charge >= 0.3 is 11.9 Å². The fraction of sp³-hybridized carbons (Fsp3) is 0.286.